The van der Waals surface area contributed by atoms with Gasteiger partial charge in [0.2, 0.25) is 0 Å². The van der Waals surface area contributed by atoms with Crippen LogP contribution < -0.4 is 11.1 Å². The molecule has 30 heavy (non-hydrogen) atoms. The van der Waals surface area contributed by atoms with E-state index < -0.39 is 0 Å². The minimum Gasteiger partial charge on any atom is -0.385 e. The number of nitrogens with one attached hydrogen (secondary N) is 1. The Morgan fingerprint density at radius 3 is 2.77 bits per heavy atom. The number of fused-ring (bicyclic) bond motifs is 2. The zero-order valence-electron chi connectivity index (χ0n) is 16.4. The molecule has 152 valence electrons. The Hall–Kier alpha value is -3.85. The maximum absolute atomic E-state index is 12.9. The smallest absolute Gasteiger partial charge is 0.257 e. The summed E-state index contributed by atoms with van der Waals surface area (Å²) in [4.78, 5) is 26.3. The van der Waals surface area contributed by atoms with E-state index in [1.165, 1.54) is 4.68 Å². The molecule has 3 aromatic heterocycles. The fraction of sp³-hybridized carbons (Fsp3) is 0.190. The number of nitrogens with zero attached hydrogens (tertiary/aromatic N) is 5. The first-order valence-corrected chi connectivity index (χ1v) is 9.47. The van der Waals surface area contributed by atoms with Crippen LogP contribution in [0.4, 0.5) is 5.82 Å². The second-order valence-electron chi connectivity index (χ2n) is 6.59. The Balaban J connectivity index is 1.81. The molecule has 0 aliphatic heterocycles. The molecule has 0 fully saturated rings. The number of ether oxygens (including phenoxy) is 1. The average Bonchev–Trinajstić information content (AvgIpc) is 3.04. The third-order valence-electron chi connectivity index (χ3n) is 4.52. The normalized spacial score (nSPS) is 11.5. The summed E-state index contributed by atoms with van der Waals surface area (Å²) in [6.45, 7) is 1.01. The second kappa shape index (κ2) is 8.66. The van der Waals surface area contributed by atoms with Crippen LogP contribution in [0.5, 0.6) is 0 Å². The molecule has 0 unspecified atom stereocenters. The minimum atomic E-state index is -0.325. The molecule has 9 nitrogen and oxygen atoms in total. The van der Waals surface area contributed by atoms with Gasteiger partial charge in [0.15, 0.2) is 5.65 Å². The number of hydrogen-bond acceptors (Lipinski definition) is 7. The Kier molecular flexibility index (Phi) is 5.62. The topological polar surface area (TPSA) is 120 Å². The van der Waals surface area contributed by atoms with E-state index in [1.54, 1.807) is 25.7 Å². The lowest BCUT2D eigenvalue weighted by Gasteiger charge is -2.05. The van der Waals surface area contributed by atoms with Crippen molar-refractivity contribution in [3.05, 3.63) is 59.9 Å². The highest BCUT2D eigenvalue weighted by molar-refractivity contribution is 6.10. The largest absolute Gasteiger partial charge is 0.385 e. The summed E-state index contributed by atoms with van der Waals surface area (Å²) in [6, 6.07) is 11.1. The first-order chi connectivity index (χ1) is 14.7. The average molecular weight is 403 g/mol. The maximum atomic E-state index is 12.9. The number of aromatic nitrogens is 4. The molecule has 0 saturated heterocycles. The SMILES string of the molecule is COCCCNC(=O)c1c(N)n(/N=C\c2cccnc2)c2nc3ccccc3nc12. The van der Waals surface area contributed by atoms with Gasteiger partial charge in [-0.05, 0) is 24.6 Å². The molecule has 3 heterocycles. The molecule has 0 bridgehead atoms. The molecular weight excluding hydrogens is 382 g/mol. The van der Waals surface area contributed by atoms with Crippen LogP contribution in [0.1, 0.15) is 22.3 Å². The van der Waals surface area contributed by atoms with Gasteiger partial charge in [0.05, 0.1) is 17.2 Å². The molecule has 1 aromatic carbocycles. The number of carbonyl (C=O) groups is 1. The van der Waals surface area contributed by atoms with Gasteiger partial charge in [-0.15, -0.1) is 0 Å². The first kappa shape index (κ1) is 19.5. The van der Waals surface area contributed by atoms with Gasteiger partial charge in [-0.3, -0.25) is 9.78 Å². The van der Waals surface area contributed by atoms with Crippen LogP contribution >= 0.6 is 0 Å². The number of nitrogen functional groups attached to an aromatic ring is 1. The highest BCUT2D eigenvalue weighted by atomic mass is 16.5. The lowest BCUT2D eigenvalue weighted by molar-refractivity contribution is 0.0951. The molecule has 3 N–H and O–H groups in total. The minimum absolute atomic E-state index is 0.171. The van der Waals surface area contributed by atoms with Gasteiger partial charge in [-0.1, -0.05) is 18.2 Å². The number of para-hydroxylation sites is 2. The van der Waals surface area contributed by atoms with Crippen LogP contribution in [0.3, 0.4) is 0 Å². The summed E-state index contributed by atoms with van der Waals surface area (Å²) < 4.78 is 6.46. The van der Waals surface area contributed by atoms with E-state index in [4.69, 9.17) is 10.5 Å². The molecule has 0 aliphatic carbocycles. The van der Waals surface area contributed by atoms with E-state index in [2.05, 4.69) is 25.4 Å². The molecule has 4 aromatic rings. The number of pyridine rings is 1. The monoisotopic (exact) mass is 403 g/mol. The predicted molar refractivity (Wildman–Crippen MR) is 116 cm³/mol. The van der Waals surface area contributed by atoms with E-state index in [9.17, 15) is 4.79 Å². The van der Waals surface area contributed by atoms with E-state index in [0.29, 0.717) is 41.8 Å². The standard InChI is InChI=1S/C21H21N7O2/c1-30-11-5-10-24-21(29)17-18-20(27-16-8-3-2-7-15(16)26-18)28(19(17)22)25-13-14-6-4-9-23-12-14/h2-4,6-9,12-13H,5,10-11,22H2,1H3,(H,24,29)/b25-13-. The van der Waals surface area contributed by atoms with Crippen LogP contribution in [0, 0.1) is 0 Å². The molecule has 0 radical (unpaired) electrons. The van der Waals surface area contributed by atoms with Gasteiger partial charge in [0, 0.05) is 38.2 Å². The van der Waals surface area contributed by atoms with Crippen molar-refractivity contribution in [2.24, 2.45) is 5.10 Å². The maximum Gasteiger partial charge on any atom is 0.257 e. The summed E-state index contributed by atoms with van der Waals surface area (Å²) >= 11 is 0. The van der Waals surface area contributed by atoms with Crippen molar-refractivity contribution in [3.8, 4) is 0 Å². The van der Waals surface area contributed by atoms with Crippen molar-refractivity contribution in [3.63, 3.8) is 0 Å². The zero-order chi connectivity index (χ0) is 20.9. The molecule has 0 saturated carbocycles. The first-order valence-electron chi connectivity index (χ1n) is 9.47. The number of hydrogen-bond donors (Lipinski definition) is 2. The van der Waals surface area contributed by atoms with Gasteiger partial charge in [-0.2, -0.15) is 9.78 Å². The van der Waals surface area contributed by atoms with Crippen molar-refractivity contribution in [1.29, 1.82) is 0 Å². The number of benzene rings is 1. The van der Waals surface area contributed by atoms with Gasteiger partial charge >= 0.3 is 0 Å². The molecule has 0 atom stereocenters. The van der Waals surface area contributed by atoms with Crippen LogP contribution in [0.2, 0.25) is 0 Å². The molecule has 1 amide bonds. The van der Waals surface area contributed by atoms with E-state index in [0.717, 1.165) is 5.56 Å². The van der Waals surface area contributed by atoms with Gasteiger partial charge in [0.1, 0.15) is 16.9 Å². The van der Waals surface area contributed by atoms with Crippen LogP contribution in [0.15, 0.2) is 53.9 Å². The Bertz CT molecular complexity index is 1220. The van der Waals surface area contributed by atoms with Crippen molar-refractivity contribution in [1.82, 2.24) is 24.9 Å². The fourth-order valence-corrected chi connectivity index (χ4v) is 3.07. The van der Waals surface area contributed by atoms with Gasteiger partial charge in [0.25, 0.3) is 5.91 Å². The van der Waals surface area contributed by atoms with Crippen molar-refractivity contribution >= 4 is 40.1 Å². The molecule has 0 aliphatic rings. The lowest BCUT2D eigenvalue weighted by Crippen LogP contribution is -2.26. The summed E-state index contributed by atoms with van der Waals surface area (Å²) in [7, 11) is 1.62. The summed E-state index contributed by atoms with van der Waals surface area (Å²) in [5.74, 6) is -0.154. The second-order valence-corrected chi connectivity index (χ2v) is 6.59. The third kappa shape index (κ3) is 3.83. The molecular formula is C21H21N7O2. The van der Waals surface area contributed by atoms with E-state index >= 15 is 0 Å². The van der Waals surface area contributed by atoms with Crippen molar-refractivity contribution in [2.75, 3.05) is 26.0 Å². The van der Waals surface area contributed by atoms with Crippen LogP contribution in [0.25, 0.3) is 22.2 Å². The number of anilines is 1. The highest BCUT2D eigenvalue weighted by Crippen LogP contribution is 2.27. The van der Waals surface area contributed by atoms with Crippen molar-refractivity contribution in [2.45, 2.75) is 6.42 Å². The zero-order valence-corrected chi connectivity index (χ0v) is 16.4. The number of rotatable bonds is 7. The van der Waals surface area contributed by atoms with Crippen LogP contribution in [-0.4, -0.2) is 52.0 Å². The van der Waals surface area contributed by atoms with Crippen LogP contribution in [-0.2, 0) is 4.74 Å². The Labute approximate surface area is 172 Å². The number of amides is 1. The fourth-order valence-electron chi connectivity index (χ4n) is 3.07. The lowest BCUT2D eigenvalue weighted by atomic mass is 10.2. The Morgan fingerprint density at radius 1 is 1.23 bits per heavy atom. The summed E-state index contributed by atoms with van der Waals surface area (Å²) in [5, 5.41) is 7.31. The highest BCUT2D eigenvalue weighted by Gasteiger charge is 2.23. The molecule has 9 heteroatoms. The summed E-state index contributed by atoms with van der Waals surface area (Å²) in [5.41, 5.74) is 9.56. The third-order valence-corrected chi connectivity index (χ3v) is 4.52. The van der Waals surface area contributed by atoms with Gasteiger partial charge < -0.3 is 15.8 Å². The summed E-state index contributed by atoms with van der Waals surface area (Å²) in [6.07, 6.45) is 5.66. The number of carbonyl (C=O) groups excluding carboxylic acids is 1. The predicted octanol–water partition coefficient (Wildman–Crippen LogP) is 2.21. The quantitative estimate of drug-likeness (QED) is 0.361. The number of nitrogens with two attached hydrogens (primary N) is 1. The van der Waals surface area contributed by atoms with Crippen molar-refractivity contribution < 1.29 is 9.53 Å². The molecule has 4 rings (SSSR count). The Morgan fingerprint density at radius 2 is 2.03 bits per heavy atom. The van der Waals surface area contributed by atoms with E-state index in [-0.39, 0.29) is 17.3 Å². The molecule has 0 spiro atoms. The number of methoxy groups -OCH3 is 1. The van der Waals surface area contributed by atoms with Gasteiger partial charge in [-0.25, -0.2) is 9.97 Å². The van der Waals surface area contributed by atoms with E-state index in [1.807, 2.05) is 36.4 Å².